The van der Waals surface area contributed by atoms with Crippen molar-refractivity contribution in [2.45, 2.75) is 0 Å². The van der Waals surface area contributed by atoms with Crippen LogP contribution in [0.25, 0.3) is 0 Å². The van der Waals surface area contributed by atoms with Crippen LogP contribution in [0, 0.1) is 0 Å². The molecule has 0 radical (unpaired) electrons. The van der Waals surface area contributed by atoms with Gasteiger partial charge in [-0.1, -0.05) is 51.1 Å². The first kappa shape index (κ1) is 37.5. The smallest absolute Gasteiger partial charge is 0.348 e. The third-order valence-electron chi connectivity index (χ3n) is 2.93. The van der Waals surface area contributed by atoms with Crippen LogP contribution < -0.4 is 9.79 Å². The van der Waals surface area contributed by atoms with Gasteiger partial charge in [-0.3, -0.25) is 9.46 Å². The normalized spacial score (nSPS) is 11.4. The highest BCUT2D eigenvalue weighted by atomic mass is 31.2. The molecule has 1 unspecified atom stereocenters. The summed E-state index contributed by atoms with van der Waals surface area (Å²) in [6.45, 7) is 33.3. The molecule has 0 fully saturated rings. The highest BCUT2D eigenvalue weighted by Gasteiger charge is 2.01. The lowest BCUT2D eigenvalue weighted by Crippen LogP contribution is -3.11. The van der Waals surface area contributed by atoms with Crippen molar-refractivity contribution in [2.75, 3.05) is 39.3 Å². The van der Waals surface area contributed by atoms with Gasteiger partial charge in [0.15, 0.2) is 7.60 Å². The van der Waals surface area contributed by atoms with Crippen molar-refractivity contribution in [3.05, 3.63) is 101 Å². The van der Waals surface area contributed by atoms with Crippen LogP contribution in [0.15, 0.2) is 101 Å². The van der Waals surface area contributed by atoms with Crippen LogP contribution in [0.4, 0.5) is 0 Å². The lowest BCUT2D eigenvalue weighted by atomic mass is 10.4. The van der Waals surface area contributed by atoms with E-state index < -0.39 is 15.2 Å². The van der Waals surface area contributed by atoms with Gasteiger partial charge in [0.05, 0.1) is 19.6 Å². The molecule has 0 aliphatic carbocycles. The Labute approximate surface area is 194 Å². The average molecular weight is 491 g/mol. The van der Waals surface area contributed by atoms with E-state index in [1.54, 1.807) is 0 Å². The SMILES string of the molecule is C=CCN(CC=C)CC=C.C=CC[NH+](CC=C)CC=C.C=CP(=O)(O)O.C=CP(=O)([O-])O. The minimum absolute atomic E-state index is 0.493. The largest absolute Gasteiger partial charge is 0.776 e. The van der Waals surface area contributed by atoms with E-state index in [1.165, 1.54) is 4.90 Å². The second kappa shape index (κ2) is 25.4. The molecule has 0 rings (SSSR count). The van der Waals surface area contributed by atoms with Gasteiger partial charge < -0.3 is 29.0 Å². The fourth-order valence-electron chi connectivity index (χ4n) is 1.63. The maximum atomic E-state index is 9.58. The summed E-state index contributed by atoms with van der Waals surface area (Å²) in [5, 5.41) is 0. The van der Waals surface area contributed by atoms with Crippen molar-refractivity contribution in [3.63, 3.8) is 0 Å². The van der Waals surface area contributed by atoms with Crippen molar-refractivity contribution in [1.29, 1.82) is 0 Å². The van der Waals surface area contributed by atoms with Crippen LogP contribution in [-0.4, -0.2) is 58.8 Å². The van der Waals surface area contributed by atoms with Crippen LogP contribution in [0.1, 0.15) is 0 Å². The zero-order chi connectivity index (χ0) is 26.1. The molecule has 0 heterocycles. The lowest BCUT2D eigenvalue weighted by Gasteiger charge is -2.15. The Morgan fingerprint density at radius 1 is 0.656 bits per heavy atom. The Kier molecular flexibility index (Phi) is 29.7. The molecular formula is C22H40N2O6P2. The van der Waals surface area contributed by atoms with Crippen molar-refractivity contribution in [2.24, 2.45) is 0 Å². The molecule has 32 heavy (non-hydrogen) atoms. The quantitative estimate of drug-likeness (QED) is 0.217. The first-order valence-electron chi connectivity index (χ1n) is 9.39. The van der Waals surface area contributed by atoms with Gasteiger partial charge in [0.2, 0.25) is 0 Å². The predicted octanol–water partition coefficient (Wildman–Crippen LogP) is 2.26. The molecule has 0 saturated carbocycles. The minimum Gasteiger partial charge on any atom is -0.776 e. The molecule has 4 N–H and O–H groups in total. The third-order valence-corrected chi connectivity index (χ3v) is 3.87. The van der Waals surface area contributed by atoms with Crippen molar-refractivity contribution < 1.29 is 33.6 Å². The van der Waals surface area contributed by atoms with E-state index in [1.807, 2.05) is 36.5 Å². The number of nitrogens with one attached hydrogen (secondary N) is 1. The highest BCUT2D eigenvalue weighted by molar-refractivity contribution is 7.55. The maximum absolute atomic E-state index is 9.58. The topological polar surface area (TPSA) is 126 Å². The zero-order valence-corrected chi connectivity index (χ0v) is 20.7. The highest BCUT2D eigenvalue weighted by Crippen LogP contribution is 2.34. The summed E-state index contributed by atoms with van der Waals surface area (Å²) in [5.41, 5.74) is 0. The van der Waals surface area contributed by atoms with Crippen LogP contribution in [-0.2, 0) is 9.13 Å². The van der Waals surface area contributed by atoms with Gasteiger partial charge in [0, 0.05) is 25.5 Å². The van der Waals surface area contributed by atoms with E-state index in [2.05, 4.69) is 57.5 Å². The van der Waals surface area contributed by atoms with Gasteiger partial charge in [-0.05, 0) is 24.0 Å². The third kappa shape index (κ3) is 42.3. The molecule has 0 aromatic rings. The van der Waals surface area contributed by atoms with Gasteiger partial charge in [0.25, 0.3) is 0 Å². The molecule has 10 heteroatoms. The molecule has 0 saturated heterocycles. The van der Waals surface area contributed by atoms with E-state index >= 15 is 0 Å². The number of quaternary nitrogens is 1. The average Bonchev–Trinajstić information content (AvgIpc) is 2.70. The van der Waals surface area contributed by atoms with Crippen molar-refractivity contribution in [3.8, 4) is 0 Å². The van der Waals surface area contributed by atoms with E-state index in [0.717, 1.165) is 39.3 Å². The zero-order valence-electron chi connectivity index (χ0n) is 18.9. The molecule has 0 aliphatic rings. The Morgan fingerprint density at radius 3 is 1.03 bits per heavy atom. The number of hydrogen-bond donors (Lipinski definition) is 4. The summed E-state index contributed by atoms with van der Waals surface area (Å²) < 4.78 is 19.0. The standard InChI is InChI=1S/2C9H15N.2C2H5O3P/c2*1-4-7-10(8-5-2)9-6-3;2*1-2-6(3,4)5/h2*4-6H,1-3,7-9H2;2*2H,1H2,(H2,3,4,5). The molecule has 0 aliphatic heterocycles. The molecule has 0 bridgehead atoms. The Bertz CT molecular complexity index is 549. The molecule has 0 spiro atoms. The van der Waals surface area contributed by atoms with Crippen LogP contribution in [0.5, 0.6) is 0 Å². The molecule has 184 valence electrons. The first-order chi connectivity index (χ1) is 14.8. The molecule has 8 nitrogen and oxygen atoms in total. The van der Waals surface area contributed by atoms with Gasteiger partial charge in [0.1, 0.15) is 0 Å². The molecule has 0 amide bonds. The molecule has 0 aromatic heterocycles. The van der Waals surface area contributed by atoms with Crippen molar-refractivity contribution >= 4 is 15.2 Å². The van der Waals surface area contributed by atoms with E-state index in [0.29, 0.717) is 11.6 Å². The van der Waals surface area contributed by atoms with Crippen LogP contribution >= 0.6 is 15.2 Å². The Balaban J connectivity index is -0.000000168. The number of rotatable bonds is 14. The number of nitrogens with zero attached hydrogens (tertiary/aromatic N) is 1. The second-order valence-electron chi connectivity index (χ2n) is 5.83. The number of hydrogen-bond acceptors (Lipinski definition) is 4. The van der Waals surface area contributed by atoms with Crippen molar-refractivity contribution in [1.82, 2.24) is 4.90 Å². The summed E-state index contributed by atoms with van der Waals surface area (Å²) in [6.07, 6.45) is 11.4. The van der Waals surface area contributed by atoms with Gasteiger partial charge >= 0.3 is 7.60 Å². The first-order valence-corrected chi connectivity index (χ1v) is 12.7. The van der Waals surface area contributed by atoms with Gasteiger partial charge in [-0.15, -0.1) is 19.7 Å². The van der Waals surface area contributed by atoms with E-state index in [4.69, 9.17) is 14.7 Å². The minimum atomic E-state index is -4.13. The monoisotopic (exact) mass is 490 g/mol. The molecular weight excluding hydrogens is 450 g/mol. The Hall–Kier alpha value is -1.86. The van der Waals surface area contributed by atoms with E-state index in [-0.39, 0.29) is 0 Å². The van der Waals surface area contributed by atoms with E-state index in [9.17, 15) is 14.0 Å². The summed E-state index contributed by atoms with van der Waals surface area (Å²) in [7, 11) is -8.02. The maximum Gasteiger partial charge on any atom is 0.348 e. The van der Waals surface area contributed by atoms with Crippen LogP contribution in [0.3, 0.4) is 0 Å². The second-order valence-corrected chi connectivity index (χ2v) is 8.87. The fraction of sp³-hybridized carbons (Fsp3) is 0.273. The summed E-state index contributed by atoms with van der Waals surface area (Å²) >= 11 is 0. The summed E-state index contributed by atoms with van der Waals surface area (Å²) in [6, 6.07) is 0. The van der Waals surface area contributed by atoms with Crippen LogP contribution in [0.2, 0.25) is 0 Å². The summed E-state index contributed by atoms with van der Waals surface area (Å²) in [5.74, 6) is 1.10. The summed E-state index contributed by atoms with van der Waals surface area (Å²) in [4.78, 5) is 36.4. The fourth-order valence-corrected chi connectivity index (χ4v) is 1.63. The lowest BCUT2D eigenvalue weighted by molar-refractivity contribution is -0.881. The molecule has 0 aromatic carbocycles. The van der Waals surface area contributed by atoms with Gasteiger partial charge in [-0.2, -0.15) is 0 Å². The Morgan fingerprint density at radius 2 is 0.906 bits per heavy atom. The van der Waals surface area contributed by atoms with Gasteiger partial charge in [-0.25, -0.2) is 0 Å². The predicted molar refractivity (Wildman–Crippen MR) is 135 cm³/mol. The molecule has 1 atom stereocenters.